The van der Waals surface area contributed by atoms with Gasteiger partial charge >= 0.3 is 5.97 Å². The predicted molar refractivity (Wildman–Crippen MR) is 98.1 cm³/mol. The van der Waals surface area contributed by atoms with Crippen molar-refractivity contribution in [3.63, 3.8) is 0 Å². The Morgan fingerprint density at radius 2 is 2.04 bits per heavy atom. The zero-order valence-corrected chi connectivity index (χ0v) is 15.2. The number of carbonyl (C=O) groups is 2. The molecule has 0 aromatic heterocycles. The smallest absolute Gasteiger partial charge is 0.307 e. The van der Waals surface area contributed by atoms with Crippen molar-refractivity contribution in [1.82, 2.24) is 5.32 Å². The number of hydrogen-bond acceptors (Lipinski definition) is 4. The van der Waals surface area contributed by atoms with Crippen LogP contribution in [0.4, 0.5) is 0 Å². The minimum atomic E-state index is -0.447. The molecule has 0 spiro atoms. The van der Waals surface area contributed by atoms with Gasteiger partial charge in [0.2, 0.25) is 5.91 Å². The summed E-state index contributed by atoms with van der Waals surface area (Å²) in [6, 6.07) is 14.3. The first-order chi connectivity index (χ1) is 12.6. The van der Waals surface area contributed by atoms with E-state index < -0.39 is 6.04 Å². The van der Waals surface area contributed by atoms with Crippen LogP contribution in [0.3, 0.4) is 0 Å². The maximum Gasteiger partial charge on any atom is 0.307 e. The largest absolute Gasteiger partial charge is 0.492 e. The number of rotatable bonds is 5. The Bertz CT molecular complexity index is 794. The van der Waals surface area contributed by atoms with Gasteiger partial charge in [0.05, 0.1) is 25.5 Å². The molecule has 0 saturated heterocycles. The van der Waals surface area contributed by atoms with Crippen LogP contribution in [0.15, 0.2) is 48.5 Å². The van der Waals surface area contributed by atoms with E-state index in [9.17, 15) is 9.59 Å². The number of ether oxygens (including phenoxy) is 2. The van der Waals surface area contributed by atoms with E-state index in [1.54, 1.807) is 6.07 Å². The van der Waals surface area contributed by atoms with Gasteiger partial charge in [-0.1, -0.05) is 41.9 Å². The highest BCUT2D eigenvalue weighted by Gasteiger charge is 2.29. The summed E-state index contributed by atoms with van der Waals surface area (Å²) in [4.78, 5) is 24.5. The Balaban J connectivity index is 1.72. The molecule has 1 N–H and O–H groups in total. The van der Waals surface area contributed by atoms with Gasteiger partial charge in [-0.05, 0) is 35.7 Å². The third kappa shape index (κ3) is 4.35. The molecule has 0 aliphatic carbocycles. The van der Waals surface area contributed by atoms with E-state index in [-0.39, 0.29) is 24.2 Å². The molecule has 0 radical (unpaired) electrons. The molecule has 2 aromatic rings. The molecule has 5 nitrogen and oxygen atoms in total. The molecule has 6 heteroatoms. The molecule has 1 amide bonds. The van der Waals surface area contributed by atoms with Gasteiger partial charge in [-0.3, -0.25) is 9.59 Å². The first-order valence-corrected chi connectivity index (χ1v) is 8.78. The molecule has 2 atom stereocenters. The number of benzene rings is 2. The van der Waals surface area contributed by atoms with Crippen LogP contribution in [-0.4, -0.2) is 25.6 Å². The molecule has 0 fully saturated rings. The number of carbonyl (C=O) groups excluding carboxylic acids is 2. The molecule has 1 heterocycles. The second-order valence-electron chi connectivity index (χ2n) is 6.22. The summed E-state index contributed by atoms with van der Waals surface area (Å²) in [5, 5.41) is 3.57. The maximum atomic E-state index is 12.8. The lowest BCUT2D eigenvalue weighted by Crippen LogP contribution is -2.40. The fourth-order valence-electron chi connectivity index (χ4n) is 3.01. The molecule has 26 heavy (non-hydrogen) atoms. The average molecular weight is 374 g/mol. The molecule has 136 valence electrons. The Hall–Kier alpha value is -2.53. The first-order valence-electron chi connectivity index (χ1n) is 8.40. The van der Waals surface area contributed by atoms with E-state index in [2.05, 4.69) is 5.32 Å². The lowest BCUT2D eigenvalue weighted by Gasteiger charge is -2.27. The van der Waals surface area contributed by atoms with Gasteiger partial charge in [0.25, 0.3) is 0 Å². The number of fused-ring (bicyclic) bond motifs is 1. The molecule has 3 rings (SSSR count). The summed E-state index contributed by atoms with van der Waals surface area (Å²) in [6.45, 7) is 0.292. The van der Waals surface area contributed by atoms with Crippen LogP contribution in [0.25, 0.3) is 0 Å². The fraction of sp³-hybridized carbons (Fsp3) is 0.300. The van der Waals surface area contributed by atoms with Crippen LogP contribution in [-0.2, 0) is 20.7 Å². The fourth-order valence-corrected chi connectivity index (χ4v) is 3.20. The molecule has 1 aliphatic heterocycles. The van der Waals surface area contributed by atoms with E-state index in [4.69, 9.17) is 21.1 Å². The summed E-state index contributed by atoms with van der Waals surface area (Å²) in [5.74, 6) is -0.123. The zero-order chi connectivity index (χ0) is 18.5. The topological polar surface area (TPSA) is 64.6 Å². The summed E-state index contributed by atoms with van der Waals surface area (Å²) >= 11 is 6.03. The van der Waals surface area contributed by atoms with Crippen molar-refractivity contribution in [3.8, 4) is 5.75 Å². The molecular formula is C20H20ClNO4. The quantitative estimate of drug-likeness (QED) is 0.816. The Labute approximate surface area is 157 Å². The monoisotopic (exact) mass is 373 g/mol. The van der Waals surface area contributed by atoms with Gasteiger partial charge in [0.15, 0.2) is 0 Å². The minimum absolute atomic E-state index is 0.0717. The zero-order valence-electron chi connectivity index (χ0n) is 14.4. The van der Waals surface area contributed by atoms with Gasteiger partial charge in [-0.2, -0.15) is 0 Å². The number of amides is 1. The number of halogens is 1. The molecule has 2 unspecified atom stereocenters. The lowest BCUT2D eigenvalue weighted by atomic mass is 9.95. The highest BCUT2D eigenvalue weighted by Crippen LogP contribution is 2.30. The second-order valence-corrected chi connectivity index (χ2v) is 6.65. The van der Waals surface area contributed by atoms with Crippen molar-refractivity contribution >= 4 is 23.5 Å². The first kappa shape index (κ1) is 18.3. The SMILES string of the molecule is COC(=O)CC(NC(=O)C1COc2ccc(Cl)cc2C1)c1ccccc1. The van der Waals surface area contributed by atoms with Crippen molar-refractivity contribution in [3.05, 3.63) is 64.7 Å². The van der Waals surface area contributed by atoms with E-state index >= 15 is 0 Å². The summed E-state index contributed by atoms with van der Waals surface area (Å²) in [6.07, 6.45) is 0.615. The Morgan fingerprint density at radius 1 is 1.27 bits per heavy atom. The van der Waals surface area contributed by atoms with Crippen LogP contribution in [0.2, 0.25) is 5.02 Å². The van der Waals surface area contributed by atoms with Crippen molar-refractivity contribution in [2.45, 2.75) is 18.9 Å². The molecule has 1 aliphatic rings. The number of esters is 1. The lowest BCUT2D eigenvalue weighted by molar-refractivity contribution is -0.141. The Morgan fingerprint density at radius 3 is 2.77 bits per heavy atom. The van der Waals surface area contributed by atoms with Crippen LogP contribution in [0, 0.1) is 5.92 Å². The highest BCUT2D eigenvalue weighted by molar-refractivity contribution is 6.30. The average Bonchev–Trinajstić information content (AvgIpc) is 2.67. The number of hydrogen-bond donors (Lipinski definition) is 1. The maximum absolute atomic E-state index is 12.8. The summed E-state index contributed by atoms with van der Waals surface area (Å²) in [7, 11) is 1.34. The normalized spacial score (nSPS) is 16.8. The van der Waals surface area contributed by atoms with Crippen molar-refractivity contribution < 1.29 is 19.1 Å². The van der Waals surface area contributed by atoms with Crippen LogP contribution < -0.4 is 10.1 Å². The highest BCUT2D eigenvalue weighted by atomic mass is 35.5. The number of methoxy groups -OCH3 is 1. The van der Waals surface area contributed by atoms with Crippen molar-refractivity contribution in [2.24, 2.45) is 5.92 Å². The van der Waals surface area contributed by atoms with Gasteiger partial charge in [0.1, 0.15) is 12.4 Å². The third-order valence-electron chi connectivity index (χ3n) is 4.42. The van der Waals surface area contributed by atoms with Gasteiger partial charge in [-0.15, -0.1) is 0 Å². The Kier molecular flexibility index (Phi) is 5.78. The van der Waals surface area contributed by atoms with Gasteiger partial charge in [-0.25, -0.2) is 0 Å². The molecule has 0 bridgehead atoms. The van der Waals surface area contributed by atoms with Crippen LogP contribution in [0.1, 0.15) is 23.6 Å². The van der Waals surface area contributed by atoms with E-state index in [0.717, 1.165) is 16.9 Å². The third-order valence-corrected chi connectivity index (χ3v) is 4.65. The van der Waals surface area contributed by atoms with Crippen molar-refractivity contribution in [2.75, 3.05) is 13.7 Å². The summed E-state index contributed by atoms with van der Waals surface area (Å²) < 4.78 is 10.4. The van der Waals surface area contributed by atoms with Crippen molar-refractivity contribution in [1.29, 1.82) is 0 Å². The molecule has 0 saturated carbocycles. The van der Waals surface area contributed by atoms with Crippen LogP contribution in [0.5, 0.6) is 5.75 Å². The summed E-state index contributed by atoms with van der Waals surface area (Å²) in [5.41, 5.74) is 1.76. The van der Waals surface area contributed by atoms with E-state index in [1.807, 2.05) is 42.5 Å². The molecular weight excluding hydrogens is 354 g/mol. The minimum Gasteiger partial charge on any atom is -0.492 e. The van der Waals surface area contributed by atoms with Gasteiger partial charge in [0, 0.05) is 5.02 Å². The number of nitrogens with one attached hydrogen (secondary N) is 1. The van der Waals surface area contributed by atoms with Gasteiger partial charge < -0.3 is 14.8 Å². The standard InChI is InChI=1S/C20H20ClNO4/c1-25-19(23)11-17(13-5-3-2-4-6-13)22-20(24)15-9-14-10-16(21)7-8-18(14)26-12-15/h2-8,10,15,17H,9,11-12H2,1H3,(H,22,24). The second kappa shape index (κ2) is 8.23. The predicted octanol–water partition coefficient (Wildman–Crippen LogP) is 3.31. The molecule has 2 aromatic carbocycles. The van der Waals surface area contributed by atoms with E-state index in [1.165, 1.54) is 7.11 Å². The van der Waals surface area contributed by atoms with Crippen LogP contribution >= 0.6 is 11.6 Å². The van der Waals surface area contributed by atoms with E-state index in [0.29, 0.717) is 18.1 Å².